The van der Waals surface area contributed by atoms with E-state index in [4.69, 9.17) is 17.0 Å². The van der Waals surface area contributed by atoms with Crippen LogP contribution in [0.5, 0.6) is 5.75 Å². The largest absolute Gasteiger partial charge is 0.494 e. The highest BCUT2D eigenvalue weighted by atomic mass is 32.1. The number of rotatable bonds is 6. The Labute approximate surface area is 150 Å². The third-order valence-corrected chi connectivity index (χ3v) is 4.49. The highest BCUT2D eigenvalue weighted by Crippen LogP contribution is 2.23. The molecule has 1 fully saturated rings. The molecule has 24 heavy (non-hydrogen) atoms. The van der Waals surface area contributed by atoms with E-state index in [0.29, 0.717) is 11.0 Å². The Bertz CT molecular complexity index is 537. The lowest BCUT2D eigenvalue weighted by Crippen LogP contribution is -2.38. The van der Waals surface area contributed by atoms with Crippen molar-refractivity contribution >= 4 is 28.9 Å². The Hall–Kier alpha value is -1.62. The van der Waals surface area contributed by atoms with Crippen molar-refractivity contribution in [1.29, 1.82) is 0 Å². The summed E-state index contributed by atoms with van der Waals surface area (Å²) in [5.41, 5.74) is 0.847. The molecule has 0 aromatic heterocycles. The summed E-state index contributed by atoms with van der Waals surface area (Å²) < 4.78 is 5.69. The lowest BCUT2D eigenvalue weighted by molar-refractivity contribution is -0.124. The van der Waals surface area contributed by atoms with Gasteiger partial charge in [-0.1, -0.05) is 33.1 Å². The molecular formula is C19H28N2O2S. The number of thiocarbonyl (C=S) groups is 1. The van der Waals surface area contributed by atoms with Crippen LogP contribution in [0.15, 0.2) is 24.3 Å². The normalized spacial score (nSPS) is 15.1. The van der Waals surface area contributed by atoms with Gasteiger partial charge in [-0.25, -0.2) is 0 Å². The fraction of sp³-hybridized carbons (Fsp3) is 0.579. The van der Waals surface area contributed by atoms with E-state index in [0.717, 1.165) is 50.1 Å². The van der Waals surface area contributed by atoms with E-state index in [1.807, 2.05) is 24.3 Å². The van der Waals surface area contributed by atoms with Crippen LogP contribution in [0.3, 0.4) is 0 Å². The molecule has 1 aliphatic carbocycles. The molecule has 1 amide bonds. The van der Waals surface area contributed by atoms with Crippen LogP contribution in [0.1, 0.15) is 52.4 Å². The molecule has 0 saturated heterocycles. The van der Waals surface area contributed by atoms with Crippen molar-refractivity contribution < 1.29 is 9.53 Å². The van der Waals surface area contributed by atoms with Crippen molar-refractivity contribution in [2.24, 2.45) is 11.8 Å². The molecule has 0 atom stereocenters. The zero-order valence-corrected chi connectivity index (χ0v) is 15.5. The van der Waals surface area contributed by atoms with E-state index in [1.165, 1.54) is 6.42 Å². The standard InChI is InChI=1S/C19H28N2O2S/c1-14(2)12-13-23-17-10-8-16(9-11-17)20-19(24)21-18(22)15-6-4-3-5-7-15/h8-11,14-15H,3-7,12-13H2,1-2H3,(H2,20,21,22,24). The molecule has 0 radical (unpaired) electrons. The Morgan fingerprint density at radius 3 is 2.50 bits per heavy atom. The maximum absolute atomic E-state index is 12.2. The fourth-order valence-electron chi connectivity index (χ4n) is 2.79. The first kappa shape index (κ1) is 18.7. The van der Waals surface area contributed by atoms with Gasteiger partial charge >= 0.3 is 0 Å². The monoisotopic (exact) mass is 348 g/mol. The molecule has 132 valence electrons. The van der Waals surface area contributed by atoms with Gasteiger partial charge in [0.05, 0.1) is 6.61 Å². The first-order valence-electron chi connectivity index (χ1n) is 8.89. The number of carbonyl (C=O) groups excluding carboxylic acids is 1. The van der Waals surface area contributed by atoms with E-state index in [1.54, 1.807) is 0 Å². The van der Waals surface area contributed by atoms with Crippen molar-refractivity contribution in [2.45, 2.75) is 52.4 Å². The third-order valence-electron chi connectivity index (χ3n) is 4.29. The second kappa shape index (κ2) is 9.62. The summed E-state index contributed by atoms with van der Waals surface area (Å²) >= 11 is 5.24. The average molecular weight is 349 g/mol. The van der Waals surface area contributed by atoms with Gasteiger partial charge in [0.1, 0.15) is 5.75 Å². The van der Waals surface area contributed by atoms with Crippen LogP contribution < -0.4 is 15.4 Å². The molecule has 1 saturated carbocycles. The van der Waals surface area contributed by atoms with Crippen LogP contribution >= 0.6 is 12.2 Å². The maximum atomic E-state index is 12.2. The van der Waals surface area contributed by atoms with Crippen LogP contribution in [-0.2, 0) is 4.79 Å². The second-order valence-electron chi connectivity index (χ2n) is 6.83. The molecule has 2 rings (SSSR count). The molecule has 2 N–H and O–H groups in total. The Kier molecular flexibility index (Phi) is 7.50. The molecule has 0 aliphatic heterocycles. The number of nitrogens with one attached hydrogen (secondary N) is 2. The summed E-state index contributed by atoms with van der Waals surface area (Å²) in [5.74, 6) is 1.63. The van der Waals surface area contributed by atoms with Crippen molar-refractivity contribution in [3.8, 4) is 5.75 Å². The lowest BCUT2D eigenvalue weighted by atomic mass is 9.89. The van der Waals surface area contributed by atoms with E-state index >= 15 is 0 Å². The summed E-state index contributed by atoms with van der Waals surface area (Å²) in [6.45, 7) is 5.08. The zero-order chi connectivity index (χ0) is 17.4. The maximum Gasteiger partial charge on any atom is 0.229 e. The number of hydrogen-bond donors (Lipinski definition) is 2. The molecular weight excluding hydrogens is 320 g/mol. The van der Waals surface area contributed by atoms with Gasteiger partial charge in [0.25, 0.3) is 0 Å². The number of amides is 1. The van der Waals surface area contributed by atoms with Crippen LogP contribution in [-0.4, -0.2) is 17.6 Å². The van der Waals surface area contributed by atoms with Gasteiger partial charge in [-0.15, -0.1) is 0 Å². The molecule has 1 aliphatic rings. The van der Waals surface area contributed by atoms with Crippen LogP contribution in [0.25, 0.3) is 0 Å². The number of hydrogen-bond acceptors (Lipinski definition) is 3. The first-order valence-corrected chi connectivity index (χ1v) is 9.30. The molecule has 4 nitrogen and oxygen atoms in total. The van der Waals surface area contributed by atoms with Gasteiger partial charge < -0.3 is 15.4 Å². The molecule has 5 heteroatoms. The predicted octanol–water partition coefficient (Wildman–Crippen LogP) is 4.50. The SMILES string of the molecule is CC(C)CCOc1ccc(NC(=S)NC(=O)C2CCCCC2)cc1. The van der Waals surface area contributed by atoms with Crippen molar-refractivity contribution in [3.05, 3.63) is 24.3 Å². The van der Waals surface area contributed by atoms with Gasteiger partial charge in [0.15, 0.2) is 5.11 Å². The van der Waals surface area contributed by atoms with E-state index in [9.17, 15) is 4.79 Å². The van der Waals surface area contributed by atoms with Gasteiger partial charge in [0.2, 0.25) is 5.91 Å². The van der Waals surface area contributed by atoms with E-state index in [2.05, 4.69) is 24.5 Å². The molecule has 0 spiro atoms. The summed E-state index contributed by atoms with van der Waals surface area (Å²) in [6, 6.07) is 7.63. The van der Waals surface area contributed by atoms with Gasteiger partial charge in [0, 0.05) is 11.6 Å². The number of benzene rings is 1. The van der Waals surface area contributed by atoms with Crippen molar-refractivity contribution in [2.75, 3.05) is 11.9 Å². The van der Waals surface area contributed by atoms with E-state index < -0.39 is 0 Å². The average Bonchev–Trinajstić information content (AvgIpc) is 2.57. The van der Waals surface area contributed by atoms with Gasteiger partial charge in [-0.2, -0.15) is 0 Å². The summed E-state index contributed by atoms with van der Waals surface area (Å²) in [4.78, 5) is 12.2. The van der Waals surface area contributed by atoms with E-state index in [-0.39, 0.29) is 11.8 Å². The van der Waals surface area contributed by atoms with Crippen LogP contribution in [0, 0.1) is 11.8 Å². The van der Waals surface area contributed by atoms with Crippen molar-refractivity contribution in [3.63, 3.8) is 0 Å². The van der Waals surface area contributed by atoms with Crippen LogP contribution in [0.2, 0.25) is 0 Å². The highest BCUT2D eigenvalue weighted by molar-refractivity contribution is 7.80. The zero-order valence-electron chi connectivity index (χ0n) is 14.6. The molecule has 0 heterocycles. The van der Waals surface area contributed by atoms with Gasteiger partial charge in [-0.3, -0.25) is 4.79 Å². The number of anilines is 1. The Balaban J connectivity index is 1.75. The second-order valence-corrected chi connectivity index (χ2v) is 7.24. The minimum atomic E-state index is 0.0424. The lowest BCUT2D eigenvalue weighted by Gasteiger charge is -2.21. The van der Waals surface area contributed by atoms with Crippen molar-refractivity contribution in [1.82, 2.24) is 5.32 Å². The minimum Gasteiger partial charge on any atom is -0.494 e. The smallest absolute Gasteiger partial charge is 0.229 e. The molecule has 1 aromatic carbocycles. The first-order chi connectivity index (χ1) is 11.5. The highest BCUT2D eigenvalue weighted by Gasteiger charge is 2.21. The predicted molar refractivity (Wildman–Crippen MR) is 102 cm³/mol. The Morgan fingerprint density at radius 1 is 1.21 bits per heavy atom. The van der Waals surface area contributed by atoms with Gasteiger partial charge in [-0.05, 0) is 61.7 Å². The summed E-state index contributed by atoms with van der Waals surface area (Å²) in [5, 5.41) is 6.23. The quantitative estimate of drug-likeness (QED) is 0.743. The molecule has 1 aromatic rings. The summed E-state index contributed by atoms with van der Waals surface area (Å²) in [6.07, 6.45) is 6.48. The topological polar surface area (TPSA) is 50.4 Å². The molecule has 0 bridgehead atoms. The third kappa shape index (κ3) is 6.48. The minimum absolute atomic E-state index is 0.0424. The van der Waals surface area contributed by atoms with Crippen LogP contribution in [0.4, 0.5) is 5.69 Å². The number of carbonyl (C=O) groups is 1. The number of ether oxygens (including phenoxy) is 1. The fourth-order valence-corrected chi connectivity index (χ4v) is 3.01. The molecule has 0 unspecified atom stereocenters. The summed E-state index contributed by atoms with van der Waals surface area (Å²) in [7, 11) is 0. The Morgan fingerprint density at radius 2 is 1.88 bits per heavy atom.